The van der Waals surface area contributed by atoms with Gasteiger partial charge in [0, 0.05) is 12.2 Å². The van der Waals surface area contributed by atoms with Crippen LogP contribution in [0.3, 0.4) is 0 Å². The minimum atomic E-state index is -4.56. The molecule has 1 aliphatic heterocycles. The van der Waals surface area contributed by atoms with Gasteiger partial charge in [-0.2, -0.15) is 18.2 Å². The number of nitrogens with one attached hydrogen (secondary N) is 1. The number of hydrogen-bond donors (Lipinski definition) is 1. The van der Waals surface area contributed by atoms with E-state index in [1.54, 1.807) is 30.3 Å². The van der Waals surface area contributed by atoms with Gasteiger partial charge in [-0.1, -0.05) is 41.7 Å². The van der Waals surface area contributed by atoms with Gasteiger partial charge in [0.2, 0.25) is 0 Å². The van der Waals surface area contributed by atoms with E-state index < -0.39 is 23.8 Å². The van der Waals surface area contributed by atoms with E-state index in [-0.39, 0.29) is 21.2 Å². The molecule has 0 saturated carbocycles. The molecule has 0 spiro atoms. The van der Waals surface area contributed by atoms with Gasteiger partial charge in [0.05, 0.1) is 16.0 Å². The first kappa shape index (κ1) is 17.9. The van der Waals surface area contributed by atoms with Gasteiger partial charge in [-0.05, 0) is 18.9 Å². The standard InChI is InChI=1S/C18H14F3N3O2S/c19-18(20,21)11-9-12(10-5-2-1-3-6-10)22-15-14(11)27-17(23-15)24-16(25)13-7-4-8-26-13/h1-3,5-6,9,13H,4,7-8H2,(H,22,23,24,25)/t13-/m0/s1. The maximum absolute atomic E-state index is 13.6. The lowest BCUT2D eigenvalue weighted by atomic mass is 10.1. The van der Waals surface area contributed by atoms with Crippen LogP contribution in [0.15, 0.2) is 36.4 Å². The fourth-order valence-corrected chi connectivity index (χ4v) is 3.85. The van der Waals surface area contributed by atoms with Gasteiger partial charge >= 0.3 is 6.18 Å². The van der Waals surface area contributed by atoms with Crippen LogP contribution in [0.4, 0.5) is 18.3 Å². The number of fused-ring (bicyclic) bond motifs is 1. The van der Waals surface area contributed by atoms with E-state index in [2.05, 4.69) is 15.3 Å². The van der Waals surface area contributed by atoms with Crippen molar-refractivity contribution in [2.45, 2.75) is 25.1 Å². The fourth-order valence-electron chi connectivity index (χ4n) is 2.90. The predicted octanol–water partition coefficient (Wildman–Crippen LogP) is 4.49. The number of anilines is 1. The van der Waals surface area contributed by atoms with E-state index in [4.69, 9.17) is 4.74 Å². The van der Waals surface area contributed by atoms with Crippen LogP contribution in [0.1, 0.15) is 18.4 Å². The van der Waals surface area contributed by atoms with Crippen molar-refractivity contribution >= 4 is 32.7 Å². The topological polar surface area (TPSA) is 64.1 Å². The number of aromatic nitrogens is 2. The SMILES string of the molecule is O=C(Nc1nc2nc(-c3ccccc3)cc(C(F)(F)F)c2s1)[C@@H]1CCCO1. The van der Waals surface area contributed by atoms with Gasteiger partial charge in [0.15, 0.2) is 10.8 Å². The molecule has 1 saturated heterocycles. The molecule has 1 aliphatic rings. The van der Waals surface area contributed by atoms with Gasteiger partial charge in [-0.15, -0.1) is 0 Å². The lowest BCUT2D eigenvalue weighted by Gasteiger charge is -2.09. The number of alkyl halides is 3. The Hall–Kier alpha value is -2.52. The molecule has 3 aromatic rings. The molecule has 3 heterocycles. The number of benzene rings is 1. The normalized spacial score (nSPS) is 17.4. The molecule has 2 aromatic heterocycles. The molecular formula is C18H14F3N3O2S. The molecule has 4 rings (SSSR count). The first-order valence-corrected chi connectivity index (χ1v) is 9.10. The second kappa shape index (κ2) is 6.90. The Morgan fingerprint density at radius 1 is 1.22 bits per heavy atom. The molecule has 1 fully saturated rings. The summed E-state index contributed by atoms with van der Waals surface area (Å²) in [5.41, 5.74) is -0.127. The number of carbonyl (C=O) groups is 1. The first-order valence-electron chi connectivity index (χ1n) is 8.28. The number of carbonyl (C=O) groups excluding carboxylic acids is 1. The van der Waals surface area contributed by atoms with E-state index in [1.165, 1.54) is 0 Å². The van der Waals surface area contributed by atoms with Crippen molar-refractivity contribution in [1.82, 2.24) is 9.97 Å². The maximum Gasteiger partial charge on any atom is 0.417 e. The van der Waals surface area contributed by atoms with E-state index in [0.717, 1.165) is 23.8 Å². The smallest absolute Gasteiger partial charge is 0.368 e. The summed E-state index contributed by atoms with van der Waals surface area (Å²) in [6.07, 6.45) is -3.79. The highest BCUT2D eigenvalue weighted by Crippen LogP contribution is 2.40. The summed E-state index contributed by atoms with van der Waals surface area (Å²) in [4.78, 5) is 20.5. The lowest BCUT2D eigenvalue weighted by Crippen LogP contribution is -2.26. The maximum atomic E-state index is 13.6. The Bertz CT molecular complexity index is 983. The summed E-state index contributed by atoms with van der Waals surface area (Å²) in [5, 5.41) is 2.62. The summed E-state index contributed by atoms with van der Waals surface area (Å²) in [7, 11) is 0. The Labute approximate surface area is 156 Å². The minimum Gasteiger partial charge on any atom is -0.368 e. The van der Waals surface area contributed by atoms with Crippen molar-refractivity contribution in [2.24, 2.45) is 0 Å². The fraction of sp³-hybridized carbons (Fsp3) is 0.278. The Morgan fingerprint density at radius 2 is 2.00 bits per heavy atom. The Balaban J connectivity index is 1.75. The number of rotatable bonds is 3. The lowest BCUT2D eigenvalue weighted by molar-refractivity contribution is -0.136. The van der Waals surface area contributed by atoms with Crippen molar-refractivity contribution in [3.8, 4) is 11.3 Å². The van der Waals surface area contributed by atoms with Crippen molar-refractivity contribution in [1.29, 1.82) is 0 Å². The molecule has 0 bridgehead atoms. The molecule has 27 heavy (non-hydrogen) atoms. The van der Waals surface area contributed by atoms with Crippen LogP contribution in [0.25, 0.3) is 21.6 Å². The number of amides is 1. The zero-order valence-electron chi connectivity index (χ0n) is 13.9. The van der Waals surface area contributed by atoms with E-state index in [0.29, 0.717) is 18.6 Å². The first-order chi connectivity index (χ1) is 12.9. The number of nitrogens with zero attached hydrogens (tertiary/aromatic N) is 2. The van der Waals surface area contributed by atoms with Gasteiger partial charge < -0.3 is 4.74 Å². The molecule has 1 atom stereocenters. The third-order valence-corrected chi connectivity index (χ3v) is 5.18. The van der Waals surface area contributed by atoms with Crippen molar-refractivity contribution in [3.63, 3.8) is 0 Å². The van der Waals surface area contributed by atoms with Crippen LogP contribution in [0, 0.1) is 0 Å². The van der Waals surface area contributed by atoms with Crippen LogP contribution in [-0.4, -0.2) is 28.6 Å². The van der Waals surface area contributed by atoms with Gasteiger partial charge in [-0.3, -0.25) is 10.1 Å². The molecule has 9 heteroatoms. The van der Waals surface area contributed by atoms with Crippen molar-refractivity contribution in [2.75, 3.05) is 11.9 Å². The van der Waals surface area contributed by atoms with Gasteiger partial charge in [0.25, 0.3) is 5.91 Å². The summed E-state index contributed by atoms with van der Waals surface area (Å²) in [6, 6.07) is 9.60. The van der Waals surface area contributed by atoms with Crippen LogP contribution in [-0.2, 0) is 15.7 Å². The number of thiazole rings is 1. The quantitative estimate of drug-likeness (QED) is 0.712. The third-order valence-electron chi connectivity index (χ3n) is 4.19. The zero-order chi connectivity index (χ0) is 19.0. The van der Waals surface area contributed by atoms with E-state index >= 15 is 0 Å². The number of hydrogen-bond acceptors (Lipinski definition) is 5. The molecule has 5 nitrogen and oxygen atoms in total. The molecule has 1 amide bonds. The molecular weight excluding hydrogens is 379 g/mol. The molecule has 0 aliphatic carbocycles. The Kier molecular flexibility index (Phi) is 4.56. The monoisotopic (exact) mass is 393 g/mol. The van der Waals surface area contributed by atoms with Crippen LogP contribution in [0.5, 0.6) is 0 Å². The van der Waals surface area contributed by atoms with Crippen molar-refractivity contribution < 1.29 is 22.7 Å². The van der Waals surface area contributed by atoms with Crippen molar-refractivity contribution in [3.05, 3.63) is 42.0 Å². The van der Waals surface area contributed by atoms with Gasteiger partial charge in [-0.25, -0.2) is 4.98 Å². The third kappa shape index (κ3) is 3.65. The molecule has 140 valence electrons. The summed E-state index contributed by atoms with van der Waals surface area (Å²) in [6.45, 7) is 0.498. The summed E-state index contributed by atoms with van der Waals surface area (Å²) in [5.74, 6) is -0.400. The largest absolute Gasteiger partial charge is 0.417 e. The Morgan fingerprint density at radius 3 is 2.67 bits per heavy atom. The molecule has 1 aromatic carbocycles. The summed E-state index contributed by atoms with van der Waals surface area (Å²) < 4.78 is 45.9. The zero-order valence-corrected chi connectivity index (χ0v) is 14.7. The summed E-state index contributed by atoms with van der Waals surface area (Å²) >= 11 is 0.761. The number of ether oxygens (including phenoxy) is 1. The molecule has 1 N–H and O–H groups in total. The van der Waals surface area contributed by atoms with Crippen LogP contribution < -0.4 is 5.32 Å². The average molecular weight is 393 g/mol. The second-order valence-corrected chi connectivity index (χ2v) is 7.08. The number of pyridine rings is 1. The predicted molar refractivity (Wildman–Crippen MR) is 95.5 cm³/mol. The minimum absolute atomic E-state index is 0.0451. The number of halogens is 3. The highest BCUT2D eigenvalue weighted by molar-refractivity contribution is 7.22. The van der Waals surface area contributed by atoms with E-state index in [9.17, 15) is 18.0 Å². The highest BCUT2D eigenvalue weighted by atomic mass is 32.1. The highest BCUT2D eigenvalue weighted by Gasteiger charge is 2.35. The molecule has 0 unspecified atom stereocenters. The molecule has 0 radical (unpaired) electrons. The second-order valence-electron chi connectivity index (χ2n) is 6.08. The van der Waals surface area contributed by atoms with Crippen LogP contribution in [0.2, 0.25) is 0 Å². The van der Waals surface area contributed by atoms with E-state index in [1.807, 2.05) is 0 Å². The van der Waals surface area contributed by atoms with Crippen LogP contribution >= 0.6 is 11.3 Å². The average Bonchev–Trinajstić information content (AvgIpc) is 3.30. The van der Waals surface area contributed by atoms with Gasteiger partial charge in [0.1, 0.15) is 6.10 Å².